The Labute approximate surface area is 197 Å². The molecule has 0 aliphatic carbocycles. The van der Waals surface area contributed by atoms with Crippen LogP contribution in [0.25, 0.3) is 4.91 Å². The summed E-state index contributed by atoms with van der Waals surface area (Å²) in [6, 6.07) is 19.5. The number of nitrogens with zero attached hydrogens (tertiary/aromatic N) is 2. The van der Waals surface area contributed by atoms with Crippen LogP contribution < -0.4 is 5.32 Å². The van der Waals surface area contributed by atoms with Crippen molar-refractivity contribution in [3.8, 4) is 0 Å². The van der Waals surface area contributed by atoms with Crippen molar-refractivity contribution in [1.29, 1.82) is 0 Å². The van der Waals surface area contributed by atoms with E-state index in [2.05, 4.69) is 34.5 Å². The van der Waals surface area contributed by atoms with Gasteiger partial charge >= 0.3 is 0 Å². The average molecular weight is 468 g/mol. The van der Waals surface area contributed by atoms with Gasteiger partial charge in [0.1, 0.15) is 10.6 Å². The van der Waals surface area contributed by atoms with Gasteiger partial charge in [0.2, 0.25) is 0 Å². The molecule has 0 bridgehead atoms. The lowest BCUT2D eigenvalue weighted by molar-refractivity contribution is -0.125. The fraction of sp³-hybridized carbons (Fsp3) is 0.423. The number of rotatable bonds is 6. The Kier molecular flexibility index (Phi) is 6.64. The van der Waals surface area contributed by atoms with Crippen LogP contribution >= 0.6 is 0 Å². The number of nitrogens with one attached hydrogen (secondary N) is 1. The first-order valence-electron chi connectivity index (χ1n) is 11.6. The molecule has 0 radical (unpaired) electrons. The van der Waals surface area contributed by atoms with E-state index in [9.17, 15) is 13.2 Å². The summed E-state index contributed by atoms with van der Waals surface area (Å²) in [6.45, 7) is 8.09. The van der Waals surface area contributed by atoms with Gasteiger partial charge in [0.25, 0.3) is 15.9 Å². The molecule has 1 saturated heterocycles. The highest BCUT2D eigenvalue weighted by molar-refractivity contribution is 7.99. The van der Waals surface area contributed by atoms with Crippen LogP contribution in [0.2, 0.25) is 0 Å². The molecular weight excluding hydrogens is 434 g/mol. The molecular formula is C26H33N3O3S. The summed E-state index contributed by atoms with van der Waals surface area (Å²) in [5.74, 6) is -0.465. The topological polar surface area (TPSA) is 69.7 Å². The molecule has 0 aromatic heterocycles. The lowest BCUT2D eigenvalue weighted by Gasteiger charge is -2.33. The fourth-order valence-electron chi connectivity index (χ4n) is 4.64. The summed E-state index contributed by atoms with van der Waals surface area (Å²) < 4.78 is 28.0. The largest absolute Gasteiger partial charge is 0.377 e. The smallest absolute Gasteiger partial charge is 0.285 e. The summed E-state index contributed by atoms with van der Waals surface area (Å²) in [5.41, 5.74) is 1.24. The highest BCUT2D eigenvalue weighted by Gasteiger charge is 2.49. The molecule has 1 N–H and O–H groups in total. The summed E-state index contributed by atoms with van der Waals surface area (Å²) in [4.78, 5) is 15.9. The number of carbonyl (C=O) groups excluding carboxylic acids is 1. The van der Waals surface area contributed by atoms with E-state index in [1.165, 1.54) is 5.56 Å². The first-order valence-corrected chi connectivity index (χ1v) is 13.0. The standard InChI is InChI=1S/C26H33N3O3S/c1-26(2,3)29-25(30)23(24(33(29,31)32)21-12-8-5-9-13-21)27-22-15-18-28(19-16-22)17-14-20-10-6-4-7-11-20/h4-13,22,27H,14-19H2,1-3H3. The van der Waals surface area contributed by atoms with Crippen LogP contribution in [0.5, 0.6) is 0 Å². The maximum Gasteiger partial charge on any atom is 0.285 e. The van der Waals surface area contributed by atoms with Gasteiger partial charge in [0.05, 0.1) is 5.54 Å². The van der Waals surface area contributed by atoms with Gasteiger partial charge in [-0.2, -0.15) is 0 Å². The van der Waals surface area contributed by atoms with E-state index in [1.807, 2.05) is 12.1 Å². The molecule has 0 saturated carbocycles. The molecule has 2 aromatic rings. The summed E-state index contributed by atoms with van der Waals surface area (Å²) in [7, 11) is -3.95. The Balaban J connectivity index is 1.50. The minimum Gasteiger partial charge on any atom is -0.377 e. The molecule has 2 heterocycles. The normalized spacial score (nSPS) is 19.8. The Bertz CT molecular complexity index is 1110. The summed E-state index contributed by atoms with van der Waals surface area (Å²) in [6.07, 6.45) is 2.74. The number of sulfonamides is 1. The van der Waals surface area contributed by atoms with E-state index in [4.69, 9.17) is 0 Å². The number of likely N-dealkylation sites (tertiary alicyclic amines) is 1. The third-order valence-electron chi connectivity index (χ3n) is 6.26. The highest BCUT2D eigenvalue weighted by Crippen LogP contribution is 2.39. The molecule has 2 aliphatic heterocycles. The van der Waals surface area contributed by atoms with E-state index >= 15 is 0 Å². The number of carbonyl (C=O) groups is 1. The van der Waals surface area contributed by atoms with Crippen molar-refractivity contribution in [3.63, 3.8) is 0 Å². The van der Waals surface area contributed by atoms with Gasteiger partial charge in [0, 0.05) is 25.7 Å². The van der Waals surface area contributed by atoms with Crippen molar-refractivity contribution in [2.45, 2.75) is 51.6 Å². The molecule has 0 unspecified atom stereocenters. The fourth-order valence-corrected chi connectivity index (χ4v) is 6.69. The quantitative estimate of drug-likeness (QED) is 0.703. The van der Waals surface area contributed by atoms with Crippen molar-refractivity contribution in [3.05, 3.63) is 77.5 Å². The van der Waals surface area contributed by atoms with E-state index in [-0.39, 0.29) is 16.6 Å². The molecule has 2 aliphatic rings. The third-order valence-corrected chi connectivity index (χ3v) is 8.41. The monoisotopic (exact) mass is 467 g/mol. The van der Waals surface area contributed by atoms with Crippen LogP contribution in [0.15, 0.2) is 66.4 Å². The summed E-state index contributed by atoms with van der Waals surface area (Å²) >= 11 is 0. The third kappa shape index (κ3) is 4.99. The zero-order chi connectivity index (χ0) is 23.6. The molecule has 1 amide bonds. The lowest BCUT2D eigenvalue weighted by Crippen LogP contribution is -2.48. The van der Waals surface area contributed by atoms with Crippen LogP contribution in [-0.2, 0) is 21.2 Å². The van der Waals surface area contributed by atoms with Crippen molar-refractivity contribution >= 4 is 20.8 Å². The Morgan fingerprint density at radius 3 is 2.09 bits per heavy atom. The van der Waals surface area contributed by atoms with Crippen LogP contribution in [0.4, 0.5) is 0 Å². The molecule has 176 valence electrons. The zero-order valence-electron chi connectivity index (χ0n) is 19.6. The van der Waals surface area contributed by atoms with Crippen LogP contribution in [0.1, 0.15) is 44.7 Å². The van der Waals surface area contributed by atoms with Gasteiger partial charge < -0.3 is 10.2 Å². The number of piperidine rings is 1. The lowest BCUT2D eigenvalue weighted by atomic mass is 10.0. The minimum absolute atomic E-state index is 0.0609. The molecule has 33 heavy (non-hydrogen) atoms. The molecule has 1 fully saturated rings. The molecule has 0 atom stereocenters. The van der Waals surface area contributed by atoms with Gasteiger partial charge in [0.15, 0.2) is 0 Å². The van der Waals surface area contributed by atoms with Crippen molar-refractivity contribution in [1.82, 2.24) is 14.5 Å². The minimum atomic E-state index is -3.95. The van der Waals surface area contributed by atoms with Gasteiger partial charge in [-0.1, -0.05) is 60.7 Å². The highest BCUT2D eigenvalue weighted by atomic mass is 32.2. The SMILES string of the molecule is CC(C)(C)N1C(=O)C(NC2CCN(CCc3ccccc3)CC2)=C(c2ccccc2)S1(=O)=O. The van der Waals surface area contributed by atoms with Gasteiger partial charge in [-0.25, -0.2) is 12.7 Å². The van der Waals surface area contributed by atoms with Crippen LogP contribution in [0.3, 0.4) is 0 Å². The van der Waals surface area contributed by atoms with E-state index < -0.39 is 21.5 Å². The second-order valence-electron chi connectivity index (χ2n) is 9.81. The van der Waals surface area contributed by atoms with E-state index in [0.717, 1.165) is 43.2 Å². The number of amides is 1. The van der Waals surface area contributed by atoms with Crippen molar-refractivity contribution < 1.29 is 13.2 Å². The first kappa shape index (κ1) is 23.5. The van der Waals surface area contributed by atoms with Crippen LogP contribution in [0, 0.1) is 0 Å². The maximum absolute atomic E-state index is 13.5. The Morgan fingerprint density at radius 1 is 0.939 bits per heavy atom. The average Bonchev–Trinajstić information content (AvgIpc) is 2.99. The van der Waals surface area contributed by atoms with Crippen molar-refractivity contribution in [2.24, 2.45) is 0 Å². The number of benzene rings is 2. The summed E-state index contributed by atoms with van der Waals surface area (Å²) in [5, 5.41) is 3.35. The molecule has 7 heteroatoms. The molecule has 4 rings (SSSR count). The van der Waals surface area contributed by atoms with Gasteiger partial charge in [-0.3, -0.25) is 4.79 Å². The molecule has 6 nitrogen and oxygen atoms in total. The van der Waals surface area contributed by atoms with Crippen LogP contribution in [-0.4, -0.2) is 54.7 Å². The Morgan fingerprint density at radius 2 is 1.52 bits per heavy atom. The van der Waals surface area contributed by atoms with Gasteiger partial charge in [-0.15, -0.1) is 0 Å². The molecule has 2 aromatic carbocycles. The Hall–Kier alpha value is -2.64. The van der Waals surface area contributed by atoms with Gasteiger partial charge in [-0.05, 0) is 51.2 Å². The first-order chi connectivity index (χ1) is 15.7. The number of hydrogen-bond donors (Lipinski definition) is 1. The predicted octanol–water partition coefficient (Wildman–Crippen LogP) is 3.62. The zero-order valence-corrected chi connectivity index (χ0v) is 20.4. The second-order valence-corrected chi connectivity index (χ2v) is 11.5. The van der Waals surface area contributed by atoms with E-state index in [0.29, 0.717) is 5.56 Å². The molecule has 0 spiro atoms. The maximum atomic E-state index is 13.5. The second kappa shape index (κ2) is 9.31. The van der Waals surface area contributed by atoms with Crippen molar-refractivity contribution in [2.75, 3.05) is 19.6 Å². The predicted molar refractivity (Wildman–Crippen MR) is 132 cm³/mol. The van der Waals surface area contributed by atoms with E-state index in [1.54, 1.807) is 45.0 Å². The number of hydrogen-bond acceptors (Lipinski definition) is 5.